The van der Waals surface area contributed by atoms with Crippen molar-refractivity contribution >= 4 is 5.91 Å². The molecule has 0 bridgehead atoms. The number of hydrogen-bond acceptors (Lipinski definition) is 1. The van der Waals surface area contributed by atoms with Gasteiger partial charge < -0.3 is 5.32 Å². The van der Waals surface area contributed by atoms with Crippen LogP contribution in [0.3, 0.4) is 0 Å². The number of rotatable bonds is 13. The fourth-order valence-electron chi connectivity index (χ4n) is 3.03. The van der Waals surface area contributed by atoms with Crippen LogP contribution in [0.5, 0.6) is 0 Å². The van der Waals surface area contributed by atoms with Gasteiger partial charge in [-0.15, -0.1) is 0 Å². The standard InChI is InChI=1S/C21H35NO/c1-3-5-6-7-8-9-10-11-15-18-22-21(23)20(4-2)19-16-13-12-14-17-19/h12-14,16-17,20H,3-11,15,18H2,1-2H3,(H,22,23)/t20-/m1/s1. The lowest BCUT2D eigenvalue weighted by molar-refractivity contribution is -0.122. The number of benzene rings is 1. The molecule has 130 valence electrons. The molecule has 0 radical (unpaired) electrons. The van der Waals surface area contributed by atoms with Crippen LogP contribution in [0, 0.1) is 0 Å². The second-order valence-corrected chi connectivity index (χ2v) is 6.49. The number of nitrogens with one attached hydrogen (secondary N) is 1. The first-order valence-electron chi connectivity index (χ1n) is 9.62. The summed E-state index contributed by atoms with van der Waals surface area (Å²) in [6.45, 7) is 5.16. The molecule has 1 N–H and O–H groups in total. The average Bonchev–Trinajstić information content (AvgIpc) is 2.58. The minimum atomic E-state index is -0.00485. The Kier molecular flexibility index (Phi) is 11.3. The third-order valence-corrected chi connectivity index (χ3v) is 4.51. The highest BCUT2D eigenvalue weighted by Crippen LogP contribution is 2.19. The molecule has 0 saturated heterocycles. The van der Waals surface area contributed by atoms with E-state index in [0.29, 0.717) is 0 Å². The predicted molar refractivity (Wildman–Crippen MR) is 99.7 cm³/mol. The van der Waals surface area contributed by atoms with Gasteiger partial charge in [0.15, 0.2) is 0 Å². The van der Waals surface area contributed by atoms with Crippen LogP contribution in [-0.4, -0.2) is 12.5 Å². The summed E-state index contributed by atoms with van der Waals surface area (Å²) in [5, 5.41) is 3.11. The summed E-state index contributed by atoms with van der Waals surface area (Å²) in [6.07, 6.45) is 12.7. The van der Waals surface area contributed by atoms with E-state index in [-0.39, 0.29) is 11.8 Å². The zero-order valence-electron chi connectivity index (χ0n) is 15.2. The van der Waals surface area contributed by atoms with E-state index in [1.807, 2.05) is 30.3 Å². The van der Waals surface area contributed by atoms with Crippen molar-refractivity contribution in [1.29, 1.82) is 0 Å². The molecule has 0 aliphatic heterocycles. The molecule has 0 fully saturated rings. The Morgan fingerprint density at radius 3 is 2.00 bits per heavy atom. The van der Waals surface area contributed by atoms with Crippen LogP contribution in [0.4, 0.5) is 0 Å². The highest BCUT2D eigenvalue weighted by Gasteiger charge is 2.17. The van der Waals surface area contributed by atoms with Gasteiger partial charge in [0.2, 0.25) is 5.91 Å². The predicted octanol–water partition coefficient (Wildman–Crippen LogP) is 5.83. The van der Waals surface area contributed by atoms with Crippen LogP contribution < -0.4 is 5.32 Å². The summed E-state index contributed by atoms with van der Waals surface area (Å²) in [6, 6.07) is 10.1. The molecule has 0 saturated carbocycles. The van der Waals surface area contributed by atoms with Crippen LogP contribution in [0.15, 0.2) is 30.3 Å². The molecule has 0 aromatic heterocycles. The van der Waals surface area contributed by atoms with Crippen molar-refractivity contribution in [2.45, 2.75) is 84.0 Å². The molecule has 0 aliphatic carbocycles. The van der Waals surface area contributed by atoms with Crippen molar-refractivity contribution < 1.29 is 4.79 Å². The molecule has 1 rings (SSSR count). The summed E-state index contributed by atoms with van der Waals surface area (Å²) in [5.74, 6) is 0.174. The van der Waals surface area contributed by atoms with E-state index in [1.54, 1.807) is 0 Å². The van der Waals surface area contributed by atoms with Crippen LogP contribution in [-0.2, 0) is 4.79 Å². The maximum atomic E-state index is 12.3. The van der Waals surface area contributed by atoms with E-state index >= 15 is 0 Å². The Morgan fingerprint density at radius 1 is 0.870 bits per heavy atom. The van der Waals surface area contributed by atoms with Gasteiger partial charge >= 0.3 is 0 Å². The molecule has 0 unspecified atom stereocenters. The number of hydrogen-bond donors (Lipinski definition) is 1. The minimum Gasteiger partial charge on any atom is -0.356 e. The maximum Gasteiger partial charge on any atom is 0.227 e. The van der Waals surface area contributed by atoms with Gasteiger partial charge in [-0.2, -0.15) is 0 Å². The number of amides is 1. The zero-order valence-corrected chi connectivity index (χ0v) is 15.2. The second-order valence-electron chi connectivity index (χ2n) is 6.49. The highest BCUT2D eigenvalue weighted by molar-refractivity contribution is 5.83. The first-order valence-corrected chi connectivity index (χ1v) is 9.62. The molecule has 1 aromatic carbocycles. The first kappa shape index (κ1) is 19.7. The van der Waals surface area contributed by atoms with Gasteiger partial charge in [0.25, 0.3) is 0 Å². The van der Waals surface area contributed by atoms with Crippen molar-refractivity contribution in [3.8, 4) is 0 Å². The van der Waals surface area contributed by atoms with Crippen LogP contribution in [0.1, 0.15) is 89.5 Å². The molecule has 0 aliphatic rings. The lowest BCUT2D eigenvalue weighted by Gasteiger charge is -2.15. The second kappa shape index (κ2) is 13.2. The summed E-state index contributed by atoms with van der Waals surface area (Å²) in [5.41, 5.74) is 1.12. The minimum absolute atomic E-state index is 0.00485. The molecular formula is C21H35NO. The third-order valence-electron chi connectivity index (χ3n) is 4.51. The third kappa shape index (κ3) is 8.78. The fraction of sp³-hybridized carbons (Fsp3) is 0.667. The van der Waals surface area contributed by atoms with E-state index in [2.05, 4.69) is 19.2 Å². The van der Waals surface area contributed by atoms with Gasteiger partial charge in [-0.1, -0.05) is 95.5 Å². The monoisotopic (exact) mass is 317 g/mol. The first-order chi connectivity index (χ1) is 11.3. The van der Waals surface area contributed by atoms with Crippen LogP contribution in [0.25, 0.3) is 0 Å². The zero-order chi connectivity index (χ0) is 16.8. The summed E-state index contributed by atoms with van der Waals surface area (Å²) >= 11 is 0. The fourth-order valence-corrected chi connectivity index (χ4v) is 3.03. The van der Waals surface area contributed by atoms with Crippen molar-refractivity contribution in [1.82, 2.24) is 5.32 Å². The Labute approximate surface area is 143 Å². The molecule has 23 heavy (non-hydrogen) atoms. The quantitative estimate of drug-likeness (QED) is 0.456. The average molecular weight is 318 g/mol. The number of carbonyl (C=O) groups excluding carboxylic acids is 1. The van der Waals surface area contributed by atoms with Crippen molar-refractivity contribution in [2.24, 2.45) is 0 Å². The van der Waals surface area contributed by atoms with Gasteiger partial charge in [-0.25, -0.2) is 0 Å². The molecule has 1 atom stereocenters. The van der Waals surface area contributed by atoms with E-state index in [1.165, 1.54) is 51.4 Å². The number of unbranched alkanes of at least 4 members (excludes halogenated alkanes) is 8. The van der Waals surface area contributed by atoms with Crippen molar-refractivity contribution in [2.75, 3.05) is 6.54 Å². The van der Waals surface area contributed by atoms with Gasteiger partial charge in [-0.05, 0) is 18.4 Å². The Balaban J connectivity index is 2.07. The van der Waals surface area contributed by atoms with E-state index < -0.39 is 0 Å². The van der Waals surface area contributed by atoms with Gasteiger partial charge in [0, 0.05) is 6.54 Å². The van der Waals surface area contributed by atoms with Crippen molar-refractivity contribution in [3.05, 3.63) is 35.9 Å². The normalized spacial score (nSPS) is 12.1. The van der Waals surface area contributed by atoms with Gasteiger partial charge in [0.1, 0.15) is 0 Å². The molecular weight excluding hydrogens is 282 g/mol. The number of carbonyl (C=O) groups is 1. The molecule has 0 heterocycles. The maximum absolute atomic E-state index is 12.3. The van der Waals surface area contributed by atoms with Crippen LogP contribution in [0.2, 0.25) is 0 Å². The van der Waals surface area contributed by atoms with Gasteiger partial charge in [-0.3, -0.25) is 4.79 Å². The Hall–Kier alpha value is -1.31. The Morgan fingerprint density at radius 2 is 1.43 bits per heavy atom. The lowest BCUT2D eigenvalue weighted by Crippen LogP contribution is -2.29. The lowest BCUT2D eigenvalue weighted by atomic mass is 9.95. The molecule has 1 aromatic rings. The highest BCUT2D eigenvalue weighted by atomic mass is 16.1. The molecule has 0 spiro atoms. The van der Waals surface area contributed by atoms with E-state index in [4.69, 9.17) is 0 Å². The Bertz CT molecular complexity index is 402. The largest absolute Gasteiger partial charge is 0.356 e. The summed E-state index contributed by atoms with van der Waals surface area (Å²) < 4.78 is 0. The molecule has 1 amide bonds. The van der Waals surface area contributed by atoms with E-state index in [9.17, 15) is 4.79 Å². The molecule has 2 nitrogen and oxygen atoms in total. The summed E-state index contributed by atoms with van der Waals surface area (Å²) in [7, 11) is 0. The van der Waals surface area contributed by atoms with Gasteiger partial charge in [0.05, 0.1) is 5.92 Å². The topological polar surface area (TPSA) is 29.1 Å². The van der Waals surface area contributed by atoms with E-state index in [0.717, 1.165) is 24.9 Å². The summed E-state index contributed by atoms with van der Waals surface area (Å²) in [4.78, 5) is 12.3. The van der Waals surface area contributed by atoms with Crippen molar-refractivity contribution in [3.63, 3.8) is 0 Å². The van der Waals surface area contributed by atoms with Crippen LogP contribution >= 0.6 is 0 Å². The SMILES string of the molecule is CCCCCCCCCCCNC(=O)[C@H](CC)c1ccccc1. The molecule has 2 heteroatoms. The smallest absolute Gasteiger partial charge is 0.227 e.